The molecule has 2 aromatic carbocycles. The summed E-state index contributed by atoms with van der Waals surface area (Å²) in [6.45, 7) is 10.6. The first kappa shape index (κ1) is 20.7. The molecule has 1 aliphatic carbocycles. The molecule has 0 spiro atoms. The molecule has 0 bridgehead atoms. The largest absolute Gasteiger partial charge is 0.0776 e. The summed E-state index contributed by atoms with van der Waals surface area (Å²) >= 11 is 0. The van der Waals surface area contributed by atoms with Gasteiger partial charge in [-0.2, -0.15) is 0 Å². The average molecular weight is 333 g/mol. The highest BCUT2D eigenvalue weighted by Crippen LogP contribution is 2.29. The van der Waals surface area contributed by atoms with Crippen LogP contribution in [0.2, 0.25) is 0 Å². The predicted octanol–water partition coefficient (Wildman–Crippen LogP) is 7.86. The summed E-state index contributed by atoms with van der Waals surface area (Å²) in [5.74, 6) is 0. The normalized spacial score (nSPS) is 14.5. The minimum Gasteiger partial charge on any atom is -0.0776 e. The highest BCUT2D eigenvalue weighted by Gasteiger charge is 2.11. The van der Waals surface area contributed by atoms with Gasteiger partial charge in [0.1, 0.15) is 0 Å². The molecule has 0 fully saturated rings. The van der Waals surface area contributed by atoms with Gasteiger partial charge in [0.05, 0.1) is 0 Å². The van der Waals surface area contributed by atoms with Gasteiger partial charge in [-0.15, -0.1) is 0 Å². The first-order valence-corrected chi connectivity index (χ1v) is 8.80. The fourth-order valence-electron chi connectivity index (χ4n) is 2.71. The second-order valence-corrected chi connectivity index (χ2v) is 6.59. The molecule has 1 aliphatic rings. The molecule has 0 aliphatic heterocycles. The Labute approximate surface area is 154 Å². The standard InChI is InChI=1S/C22H22.C2H6.CH4/c1-17-7-4-8-19(15-17)21-10-5-9-20(16-21)18-11-6-13-22(2,3)14-12-18;1-2;/h4-16H,1-3H3;1-2H3;1H4. The Morgan fingerprint density at radius 1 is 0.760 bits per heavy atom. The Morgan fingerprint density at radius 2 is 1.36 bits per heavy atom. The topological polar surface area (TPSA) is 0 Å². The van der Waals surface area contributed by atoms with Crippen molar-refractivity contribution >= 4 is 5.57 Å². The lowest BCUT2D eigenvalue weighted by atomic mass is 9.92. The van der Waals surface area contributed by atoms with Crippen molar-refractivity contribution in [3.05, 3.63) is 90.0 Å². The summed E-state index contributed by atoms with van der Waals surface area (Å²) in [4.78, 5) is 0. The van der Waals surface area contributed by atoms with Gasteiger partial charge in [0.25, 0.3) is 0 Å². The quantitative estimate of drug-likeness (QED) is 0.525. The van der Waals surface area contributed by atoms with E-state index in [2.05, 4.69) is 99.7 Å². The van der Waals surface area contributed by atoms with Crippen molar-refractivity contribution < 1.29 is 0 Å². The molecule has 25 heavy (non-hydrogen) atoms. The molecule has 0 atom stereocenters. The number of allylic oxidation sites excluding steroid dienone is 6. The van der Waals surface area contributed by atoms with Gasteiger partial charge in [-0.25, -0.2) is 0 Å². The van der Waals surface area contributed by atoms with Crippen LogP contribution in [-0.2, 0) is 0 Å². The lowest BCUT2D eigenvalue weighted by molar-refractivity contribution is 0.627. The van der Waals surface area contributed by atoms with Crippen molar-refractivity contribution in [2.75, 3.05) is 0 Å². The smallest absolute Gasteiger partial charge is 0.00109 e. The molecule has 3 rings (SSSR count). The van der Waals surface area contributed by atoms with E-state index in [1.165, 1.54) is 27.8 Å². The summed E-state index contributed by atoms with van der Waals surface area (Å²) in [5.41, 5.74) is 6.47. The van der Waals surface area contributed by atoms with E-state index in [4.69, 9.17) is 0 Å². The van der Waals surface area contributed by atoms with Crippen molar-refractivity contribution in [2.24, 2.45) is 5.41 Å². The molecule has 0 heteroatoms. The van der Waals surface area contributed by atoms with E-state index in [0.29, 0.717) is 0 Å². The van der Waals surface area contributed by atoms with Crippen LogP contribution < -0.4 is 0 Å². The van der Waals surface area contributed by atoms with Crippen LogP contribution in [0.4, 0.5) is 0 Å². The zero-order valence-corrected chi connectivity index (χ0v) is 15.5. The Morgan fingerprint density at radius 3 is 2.04 bits per heavy atom. The van der Waals surface area contributed by atoms with Crippen LogP contribution in [0, 0.1) is 12.3 Å². The Hall–Kier alpha value is -2.34. The molecule has 0 saturated carbocycles. The van der Waals surface area contributed by atoms with Crippen LogP contribution in [0.3, 0.4) is 0 Å². The van der Waals surface area contributed by atoms with Crippen molar-refractivity contribution in [3.8, 4) is 11.1 Å². The van der Waals surface area contributed by atoms with E-state index >= 15 is 0 Å². The summed E-state index contributed by atoms with van der Waals surface area (Å²) in [6, 6.07) is 17.4. The molecule has 132 valence electrons. The summed E-state index contributed by atoms with van der Waals surface area (Å²) in [7, 11) is 0. The minimum atomic E-state index is 0. The van der Waals surface area contributed by atoms with E-state index in [1.807, 2.05) is 13.8 Å². The van der Waals surface area contributed by atoms with Gasteiger partial charge in [-0.05, 0) is 35.3 Å². The zero-order valence-electron chi connectivity index (χ0n) is 15.5. The summed E-state index contributed by atoms with van der Waals surface area (Å²) in [6.07, 6.45) is 11.1. The van der Waals surface area contributed by atoms with E-state index in [0.717, 1.165) is 0 Å². The molecule has 0 unspecified atom stereocenters. The molecular weight excluding hydrogens is 300 g/mol. The van der Waals surface area contributed by atoms with Crippen molar-refractivity contribution in [1.82, 2.24) is 0 Å². The van der Waals surface area contributed by atoms with Crippen LogP contribution in [0.25, 0.3) is 16.7 Å². The SMILES string of the molecule is C.CC.Cc1cccc(-c2cccc(C3=CC=CC(C)(C)C=C3)c2)c1. The van der Waals surface area contributed by atoms with Gasteiger partial charge in [0.15, 0.2) is 0 Å². The third-order valence-electron chi connectivity index (χ3n) is 4.04. The van der Waals surface area contributed by atoms with Crippen molar-refractivity contribution in [1.29, 1.82) is 0 Å². The molecule has 0 heterocycles. The summed E-state index contributed by atoms with van der Waals surface area (Å²) < 4.78 is 0. The molecule has 0 nitrogen and oxygen atoms in total. The van der Waals surface area contributed by atoms with Gasteiger partial charge >= 0.3 is 0 Å². The van der Waals surface area contributed by atoms with Gasteiger partial charge in [0, 0.05) is 5.41 Å². The van der Waals surface area contributed by atoms with E-state index in [9.17, 15) is 0 Å². The maximum absolute atomic E-state index is 2.27. The summed E-state index contributed by atoms with van der Waals surface area (Å²) in [5, 5.41) is 0. The zero-order chi connectivity index (χ0) is 17.6. The van der Waals surface area contributed by atoms with E-state index in [-0.39, 0.29) is 12.8 Å². The number of rotatable bonds is 2. The van der Waals surface area contributed by atoms with Crippen LogP contribution in [0.5, 0.6) is 0 Å². The van der Waals surface area contributed by atoms with Crippen LogP contribution in [0.1, 0.15) is 46.2 Å². The third kappa shape index (κ3) is 5.60. The maximum atomic E-state index is 2.27. The lowest BCUT2D eigenvalue weighted by Gasteiger charge is -2.12. The first-order valence-electron chi connectivity index (χ1n) is 8.80. The number of hydrogen-bond acceptors (Lipinski definition) is 0. The van der Waals surface area contributed by atoms with E-state index < -0.39 is 0 Å². The predicted molar refractivity (Wildman–Crippen MR) is 115 cm³/mol. The van der Waals surface area contributed by atoms with E-state index in [1.54, 1.807) is 0 Å². The molecular formula is C25H32. The molecule has 0 aromatic heterocycles. The Balaban J connectivity index is 0.00000101. The highest BCUT2D eigenvalue weighted by atomic mass is 14.2. The maximum Gasteiger partial charge on any atom is 0.00109 e. The molecule has 2 aromatic rings. The lowest BCUT2D eigenvalue weighted by Crippen LogP contribution is -2.00. The highest BCUT2D eigenvalue weighted by molar-refractivity contribution is 5.79. The molecule has 0 amide bonds. The second kappa shape index (κ2) is 9.22. The fourth-order valence-corrected chi connectivity index (χ4v) is 2.71. The second-order valence-electron chi connectivity index (χ2n) is 6.59. The van der Waals surface area contributed by atoms with Gasteiger partial charge in [-0.1, -0.05) is 114 Å². The van der Waals surface area contributed by atoms with Gasteiger partial charge < -0.3 is 0 Å². The number of aryl methyl sites for hydroxylation is 1. The van der Waals surface area contributed by atoms with Crippen LogP contribution in [0.15, 0.2) is 78.9 Å². The number of hydrogen-bond donors (Lipinski definition) is 0. The fraction of sp³-hybridized carbons (Fsp3) is 0.280. The molecule has 0 N–H and O–H groups in total. The van der Waals surface area contributed by atoms with Crippen LogP contribution >= 0.6 is 0 Å². The minimum absolute atomic E-state index is 0. The monoisotopic (exact) mass is 332 g/mol. The average Bonchev–Trinajstić information content (AvgIpc) is 2.77. The Bertz CT molecular complexity index is 770. The first-order chi connectivity index (χ1) is 11.5. The molecule has 0 radical (unpaired) electrons. The van der Waals surface area contributed by atoms with Crippen molar-refractivity contribution in [3.63, 3.8) is 0 Å². The third-order valence-corrected chi connectivity index (χ3v) is 4.04. The van der Waals surface area contributed by atoms with Crippen molar-refractivity contribution in [2.45, 2.75) is 42.0 Å². The molecule has 0 saturated heterocycles. The van der Waals surface area contributed by atoms with Crippen LogP contribution in [-0.4, -0.2) is 0 Å². The number of benzene rings is 2. The van der Waals surface area contributed by atoms with Gasteiger partial charge in [0.2, 0.25) is 0 Å². The Kier molecular flexibility index (Phi) is 7.64. The van der Waals surface area contributed by atoms with Gasteiger partial charge in [-0.3, -0.25) is 0 Å².